The lowest BCUT2D eigenvalue weighted by Gasteiger charge is -2.08. The lowest BCUT2D eigenvalue weighted by atomic mass is 9.97. The molecule has 0 aliphatic heterocycles. The van der Waals surface area contributed by atoms with E-state index >= 15 is 0 Å². The quantitative estimate of drug-likeness (QED) is 0.710. The van der Waals surface area contributed by atoms with Crippen molar-refractivity contribution in [1.82, 2.24) is 0 Å². The van der Waals surface area contributed by atoms with Gasteiger partial charge in [0.05, 0.1) is 5.56 Å². The summed E-state index contributed by atoms with van der Waals surface area (Å²) >= 11 is 0. The highest BCUT2D eigenvalue weighted by Gasteiger charge is 2.18. The second-order valence-electron chi connectivity index (χ2n) is 5.10. The van der Waals surface area contributed by atoms with Crippen molar-refractivity contribution in [3.8, 4) is 0 Å². The third-order valence-corrected chi connectivity index (χ3v) is 3.68. The van der Waals surface area contributed by atoms with Gasteiger partial charge in [-0.05, 0) is 31.4 Å². The third kappa shape index (κ3) is 3.15. The smallest absolute Gasteiger partial charge is 0.165 e. The molecule has 0 bridgehead atoms. The van der Waals surface area contributed by atoms with Crippen molar-refractivity contribution in [1.29, 1.82) is 0 Å². The molecular weight excluding hydrogens is 215 g/mol. The number of carbonyl (C=O) groups excluding carboxylic acids is 1. The SMILES string of the molecule is Cc1ccc(F)c(C(=O)CCC2CCCC2)c1. The molecule has 0 heterocycles. The minimum atomic E-state index is -0.382. The Kier molecular flexibility index (Phi) is 3.93. The maximum absolute atomic E-state index is 13.5. The summed E-state index contributed by atoms with van der Waals surface area (Å²) in [6.07, 6.45) is 6.47. The predicted molar refractivity (Wildman–Crippen MR) is 66.7 cm³/mol. The Morgan fingerprint density at radius 2 is 2.06 bits per heavy atom. The molecule has 0 amide bonds. The van der Waals surface area contributed by atoms with Crippen molar-refractivity contribution in [2.45, 2.75) is 45.4 Å². The topological polar surface area (TPSA) is 17.1 Å². The number of hydrogen-bond donors (Lipinski definition) is 0. The molecule has 0 saturated heterocycles. The predicted octanol–water partition coefficient (Wildman–Crippen LogP) is 4.29. The fourth-order valence-electron chi connectivity index (χ4n) is 2.62. The molecule has 1 aliphatic rings. The van der Waals surface area contributed by atoms with Crippen LogP contribution < -0.4 is 0 Å². The van der Waals surface area contributed by atoms with Crippen LogP contribution in [0, 0.1) is 18.7 Å². The second-order valence-corrected chi connectivity index (χ2v) is 5.10. The highest BCUT2D eigenvalue weighted by atomic mass is 19.1. The van der Waals surface area contributed by atoms with Gasteiger partial charge in [-0.1, -0.05) is 37.3 Å². The zero-order valence-corrected chi connectivity index (χ0v) is 10.3. The molecule has 0 atom stereocenters. The first kappa shape index (κ1) is 12.3. The fraction of sp³-hybridized carbons (Fsp3) is 0.533. The van der Waals surface area contributed by atoms with Gasteiger partial charge in [0.15, 0.2) is 5.78 Å². The van der Waals surface area contributed by atoms with Crippen molar-refractivity contribution in [2.75, 3.05) is 0 Å². The highest BCUT2D eigenvalue weighted by molar-refractivity contribution is 5.96. The van der Waals surface area contributed by atoms with E-state index in [9.17, 15) is 9.18 Å². The van der Waals surface area contributed by atoms with Gasteiger partial charge in [-0.15, -0.1) is 0 Å². The minimum absolute atomic E-state index is 0.0434. The molecule has 1 saturated carbocycles. The van der Waals surface area contributed by atoms with E-state index in [1.807, 2.05) is 6.92 Å². The molecule has 1 aromatic rings. The standard InChI is InChI=1S/C15H19FO/c1-11-6-8-14(16)13(10-11)15(17)9-7-12-4-2-3-5-12/h6,8,10,12H,2-5,7,9H2,1H3. The summed E-state index contributed by atoms with van der Waals surface area (Å²) in [4.78, 5) is 11.9. The molecule has 2 heteroatoms. The van der Waals surface area contributed by atoms with Crippen molar-refractivity contribution in [3.63, 3.8) is 0 Å². The van der Waals surface area contributed by atoms with Crippen molar-refractivity contribution < 1.29 is 9.18 Å². The molecule has 0 radical (unpaired) electrons. The van der Waals surface area contributed by atoms with E-state index < -0.39 is 0 Å². The molecule has 0 spiro atoms. The fourth-order valence-corrected chi connectivity index (χ4v) is 2.62. The summed E-state index contributed by atoms with van der Waals surface area (Å²) < 4.78 is 13.5. The van der Waals surface area contributed by atoms with Crippen LogP contribution in [0.5, 0.6) is 0 Å². The average Bonchev–Trinajstić information content (AvgIpc) is 2.82. The zero-order valence-electron chi connectivity index (χ0n) is 10.3. The lowest BCUT2D eigenvalue weighted by molar-refractivity contribution is 0.0970. The highest BCUT2D eigenvalue weighted by Crippen LogP contribution is 2.29. The van der Waals surface area contributed by atoms with E-state index in [0.717, 1.165) is 12.0 Å². The minimum Gasteiger partial charge on any atom is -0.294 e. The number of hydrogen-bond acceptors (Lipinski definition) is 1. The zero-order chi connectivity index (χ0) is 12.3. The van der Waals surface area contributed by atoms with Gasteiger partial charge in [0.2, 0.25) is 0 Å². The Bertz CT molecular complexity index is 405. The van der Waals surface area contributed by atoms with E-state index in [2.05, 4.69) is 0 Å². The number of benzene rings is 1. The first-order valence-electron chi connectivity index (χ1n) is 6.46. The second kappa shape index (κ2) is 5.44. The molecule has 92 valence electrons. The number of Topliss-reactive ketones (excluding diaryl/α,β-unsaturated/α-hetero) is 1. The monoisotopic (exact) mass is 234 g/mol. The first-order valence-corrected chi connectivity index (χ1v) is 6.46. The number of halogens is 1. The van der Waals surface area contributed by atoms with E-state index in [0.29, 0.717) is 12.3 Å². The van der Waals surface area contributed by atoms with Crippen molar-refractivity contribution >= 4 is 5.78 Å². The van der Waals surface area contributed by atoms with Gasteiger partial charge in [-0.25, -0.2) is 4.39 Å². The average molecular weight is 234 g/mol. The van der Waals surface area contributed by atoms with E-state index in [4.69, 9.17) is 0 Å². The van der Waals surface area contributed by atoms with Crippen LogP contribution in [0.2, 0.25) is 0 Å². The summed E-state index contributed by atoms with van der Waals surface area (Å²) in [5.74, 6) is 0.261. The van der Waals surface area contributed by atoms with Gasteiger partial charge in [0.1, 0.15) is 5.82 Å². The summed E-state index contributed by atoms with van der Waals surface area (Å²) in [6.45, 7) is 1.88. The lowest BCUT2D eigenvalue weighted by Crippen LogP contribution is -2.05. The van der Waals surface area contributed by atoms with Crippen LogP contribution in [0.25, 0.3) is 0 Å². The molecule has 1 nitrogen and oxygen atoms in total. The van der Waals surface area contributed by atoms with Gasteiger partial charge < -0.3 is 0 Å². The van der Waals surface area contributed by atoms with Crippen LogP contribution in [0.15, 0.2) is 18.2 Å². The summed E-state index contributed by atoms with van der Waals surface area (Å²) in [5.41, 5.74) is 1.21. The maximum atomic E-state index is 13.5. The summed E-state index contributed by atoms with van der Waals surface area (Å²) in [5, 5.41) is 0. The largest absolute Gasteiger partial charge is 0.294 e. The Balaban J connectivity index is 1.96. The normalized spacial score (nSPS) is 16.4. The van der Waals surface area contributed by atoms with Gasteiger partial charge in [-0.2, -0.15) is 0 Å². The van der Waals surface area contributed by atoms with E-state index in [1.54, 1.807) is 12.1 Å². The van der Waals surface area contributed by atoms with Gasteiger partial charge >= 0.3 is 0 Å². The van der Waals surface area contributed by atoms with Crippen LogP contribution >= 0.6 is 0 Å². The Labute approximate surface area is 102 Å². The molecule has 1 fully saturated rings. The molecule has 17 heavy (non-hydrogen) atoms. The summed E-state index contributed by atoms with van der Waals surface area (Å²) in [6, 6.07) is 4.74. The Morgan fingerprint density at radius 3 is 2.76 bits per heavy atom. The first-order chi connectivity index (χ1) is 8.16. The van der Waals surface area contributed by atoms with Crippen LogP contribution in [-0.2, 0) is 0 Å². The van der Waals surface area contributed by atoms with Gasteiger partial charge in [-0.3, -0.25) is 4.79 Å². The molecule has 1 aromatic carbocycles. The third-order valence-electron chi connectivity index (χ3n) is 3.68. The number of ketones is 1. The van der Waals surface area contributed by atoms with E-state index in [1.165, 1.54) is 31.7 Å². The Morgan fingerprint density at radius 1 is 1.35 bits per heavy atom. The van der Waals surface area contributed by atoms with Crippen LogP contribution in [0.1, 0.15) is 54.4 Å². The van der Waals surface area contributed by atoms with Crippen LogP contribution in [-0.4, -0.2) is 5.78 Å². The molecule has 0 N–H and O–H groups in total. The number of aryl methyl sites for hydroxylation is 1. The van der Waals surface area contributed by atoms with Gasteiger partial charge in [0.25, 0.3) is 0 Å². The van der Waals surface area contributed by atoms with Crippen LogP contribution in [0.4, 0.5) is 4.39 Å². The Hall–Kier alpha value is -1.18. The van der Waals surface area contributed by atoms with E-state index in [-0.39, 0.29) is 17.2 Å². The molecule has 0 aromatic heterocycles. The maximum Gasteiger partial charge on any atom is 0.165 e. The molecular formula is C15H19FO. The van der Waals surface area contributed by atoms with Crippen molar-refractivity contribution in [2.24, 2.45) is 5.92 Å². The van der Waals surface area contributed by atoms with Gasteiger partial charge in [0, 0.05) is 6.42 Å². The summed E-state index contributed by atoms with van der Waals surface area (Å²) in [7, 11) is 0. The number of rotatable bonds is 4. The molecule has 1 aliphatic carbocycles. The molecule has 0 unspecified atom stereocenters. The van der Waals surface area contributed by atoms with Crippen LogP contribution in [0.3, 0.4) is 0 Å². The molecule has 2 rings (SSSR count). The number of carbonyl (C=O) groups is 1. The van der Waals surface area contributed by atoms with Crippen molar-refractivity contribution in [3.05, 3.63) is 35.1 Å².